The predicted octanol–water partition coefficient (Wildman–Crippen LogP) is -1.42. The summed E-state index contributed by atoms with van der Waals surface area (Å²) >= 11 is 0. The van der Waals surface area contributed by atoms with Gasteiger partial charge in [0.25, 0.3) is 0 Å². The van der Waals surface area contributed by atoms with Crippen molar-refractivity contribution in [1.29, 1.82) is 5.26 Å². The molecule has 0 spiro atoms. The summed E-state index contributed by atoms with van der Waals surface area (Å²) in [5.74, 6) is -0.891. The molecule has 0 rings (SSSR count). The molecule has 12 heavy (non-hydrogen) atoms. The topological polar surface area (TPSA) is 99.1 Å². The van der Waals surface area contributed by atoms with Crippen molar-refractivity contribution in [2.24, 2.45) is 11.7 Å². The number of carbonyl (C=O) groups excluding carboxylic acids is 1. The van der Waals surface area contributed by atoms with Crippen LogP contribution in [0.25, 0.3) is 0 Å². The Morgan fingerprint density at radius 3 is 2.75 bits per heavy atom. The Labute approximate surface area is 71.2 Å². The summed E-state index contributed by atoms with van der Waals surface area (Å²) in [7, 11) is 0. The number of aliphatic hydroxyl groups is 1. The maximum atomic E-state index is 10.3. The van der Waals surface area contributed by atoms with E-state index in [9.17, 15) is 4.79 Å². The number of nitriles is 1. The van der Waals surface area contributed by atoms with E-state index in [1.54, 1.807) is 6.92 Å². The van der Waals surface area contributed by atoms with Crippen molar-refractivity contribution >= 4 is 5.91 Å². The average molecular weight is 171 g/mol. The number of hydrogen-bond acceptors (Lipinski definition) is 4. The van der Waals surface area contributed by atoms with Crippen molar-refractivity contribution in [2.45, 2.75) is 13.0 Å². The first-order chi connectivity index (χ1) is 5.57. The molecule has 0 aliphatic carbocycles. The summed E-state index contributed by atoms with van der Waals surface area (Å²) in [5, 5.41) is 20.0. The molecule has 4 N–H and O–H groups in total. The number of nitrogens with one attached hydrogen (secondary N) is 1. The van der Waals surface area contributed by atoms with Gasteiger partial charge in [-0.2, -0.15) is 5.26 Å². The third kappa shape index (κ3) is 4.66. The smallest absolute Gasteiger partial charge is 0.247 e. The number of primary amides is 1. The minimum atomic E-state index is -1.17. The molecule has 0 saturated heterocycles. The highest BCUT2D eigenvalue weighted by molar-refractivity contribution is 5.78. The molecule has 0 radical (unpaired) electrons. The van der Waals surface area contributed by atoms with Gasteiger partial charge in [0, 0.05) is 13.1 Å². The fraction of sp³-hybridized carbons (Fsp3) is 0.714. The molecule has 0 aromatic rings. The molecule has 0 aliphatic heterocycles. The highest BCUT2D eigenvalue weighted by Crippen LogP contribution is 1.87. The van der Waals surface area contributed by atoms with Gasteiger partial charge in [-0.3, -0.25) is 4.79 Å². The van der Waals surface area contributed by atoms with E-state index in [0.717, 1.165) is 0 Å². The molecular formula is C7H13N3O2. The number of hydrogen-bond donors (Lipinski definition) is 3. The number of rotatable bonds is 5. The molecule has 0 aliphatic rings. The van der Waals surface area contributed by atoms with E-state index < -0.39 is 12.0 Å². The zero-order chi connectivity index (χ0) is 9.56. The second-order valence-corrected chi connectivity index (χ2v) is 2.61. The van der Waals surface area contributed by atoms with Crippen molar-refractivity contribution in [1.82, 2.24) is 5.32 Å². The van der Waals surface area contributed by atoms with Crippen LogP contribution in [0.3, 0.4) is 0 Å². The van der Waals surface area contributed by atoms with Crippen LogP contribution >= 0.6 is 0 Å². The van der Waals surface area contributed by atoms with Crippen molar-refractivity contribution in [2.75, 3.05) is 13.1 Å². The van der Waals surface area contributed by atoms with Crippen LogP contribution in [0.5, 0.6) is 0 Å². The fourth-order valence-corrected chi connectivity index (χ4v) is 0.583. The first kappa shape index (κ1) is 10.9. The zero-order valence-corrected chi connectivity index (χ0v) is 6.95. The molecule has 5 heteroatoms. The van der Waals surface area contributed by atoms with Gasteiger partial charge in [-0.1, -0.05) is 0 Å². The maximum Gasteiger partial charge on any atom is 0.247 e. The summed E-state index contributed by atoms with van der Waals surface area (Å²) in [6.45, 7) is 2.28. The normalized spacial score (nSPS) is 14.8. The Bertz CT molecular complexity index is 188. The Hall–Kier alpha value is -1.12. The van der Waals surface area contributed by atoms with Crippen LogP contribution in [0, 0.1) is 17.2 Å². The van der Waals surface area contributed by atoms with Crippen LogP contribution in [0.15, 0.2) is 0 Å². The maximum absolute atomic E-state index is 10.3. The molecule has 0 bridgehead atoms. The van der Waals surface area contributed by atoms with E-state index in [2.05, 4.69) is 5.32 Å². The lowest BCUT2D eigenvalue weighted by Crippen LogP contribution is -2.38. The molecule has 2 unspecified atom stereocenters. The Kier molecular flexibility index (Phi) is 5.00. The summed E-state index contributed by atoms with van der Waals surface area (Å²) in [6.07, 6.45) is -1.17. The van der Waals surface area contributed by atoms with Gasteiger partial charge in [0.05, 0.1) is 12.0 Å². The molecular weight excluding hydrogens is 158 g/mol. The molecule has 68 valence electrons. The minimum Gasteiger partial charge on any atom is -0.382 e. The van der Waals surface area contributed by atoms with Crippen LogP contribution in [-0.2, 0) is 4.79 Å². The summed E-state index contributed by atoms with van der Waals surface area (Å²) in [6, 6.07) is 2.01. The predicted molar refractivity (Wildman–Crippen MR) is 42.8 cm³/mol. The van der Waals surface area contributed by atoms with E-state index in [-0.39, 0.29) is 12.5 Å². The lowest BCUT2D eigenvalue weighted by atomic mass is 10.2. The Balaban J connectivity index is 3.45. The largest absolute Gasteiger partial charge is 0.382 e. The summed E-state index contributed by atoms with van der Waals surface area (Å²) in [4.78, 5) is 10.3. The first-order valence-electron chi connectivity index (χ1n) is 3.65. The van der Waals surface area contributed by atoms with Gasteiger partial charge >= 0.3 is 0 Å². The fourth-order valence-electron chi connectivity index (χ4n) is 0.583. The molecule has 5 nitrogen and oxygen atoms in total. The van der Waals surface area contributed by atoms with E-state index in [1.807, 2.05) is 6.07 Å². The number of amides is 1. The third-order valence-corrected chi connectivity index (χ3v) is 1.34. The van der Waals surface area contributed by atoms with Crippen LogP contribution < -0.4 is 11.1 Å². The average Bonchev–Trinajstić information content (AvgIpc) is 2.03. The Morgan fingerprint density at radius 2 is 2.33 bits per heavy atom. The molecule has 2 atom stereocenters. The number of aliphatic hydroxyl groups excluding tert-OH is 1. The van der Waals surface area contributed by atoms with Crippen LogP contribution in [0.2, 0.25) is 0 Å². The van der Waals surface area contributed by atoms with Crippen molar-refractivity contribution in [3.8, 4) is 6.07 Å². The van der Waals surface area contributed by atoms with Gasteiger partial charge in [-0.05, 0) is 6.92 Å². The second-order valence-electron chi connectivity index (χ2n) is 2.61. The van der Waals surface area contributed by atoms with Gasteiger partial charge < -0.3 is 16.2 Å². The zero-order valence-electron chi connectivity index (χ0n) is 6.95. The van der Waals surface area contributed by atoms with Crippen LogP contribution in [0.1, 0.15) is 6.92 Å². The lowest BCUT2D eigenvalue weighted by molar-refractivity contribution is -0.125. The van der Waals surface area contributed by atoms with Gasteiger partial charge in [0.1, 0.15) is 6.10 Å². The molecule has 0 heterocycles. The summed E-state index contributed by atoms with van der Waals surface area (Å²) < 4.78 is 0. The van der Waals surface area contributed by atoms with Crippen LogP contribution in [0.4, 0.5) is 0 Å². The van der Waals surface area contributed by atoms with E-state index in [0.29, 0.717) is 6.54 Å². The monoisotopic (exact) mass is 171 g/mol. The minimum absolute atomic E-state index is 0.0986. The second kappa shape index (κ2) is 5.52. The first-order valence-corrected chi connectivity index (χ1v) is 3.65. The highest BCUT2D eigenvalue weighted by atomic mass is 16.3. The number of carbonyl (C=O) groups is 1. The van der Waals surface area contributed by atoms with Crippen molar-refractivity contribution in [3.05, 3.63) is 0 Å². The standard InChI is InChI=1S/C7H13N3O2/c1-5(2-8)3-10-4-6(11)7(9)12/h5-6,10-11H,3-4H2,1H3,(H2,9,12). The molecule has 0 saturated carbocycles. The quantitative estimate of drug-likeness (QED) is 0.472. The van der Waals surface area contributed by atoms with E-state index in [1.165, 1.54) is 0 Å². The van der Waals surface area contributed by atoms with Gasteiger partial charge in [0.2, 0.25) is 5.91 Å². The van der Waals surface area contributed by atoms with E-state index in [4.69, 9.17) is 16.1 Å². The lowest BCUT2D eigenvalue weighted by Gasteiger charge is -2.08. The van der Waals surface area contributed by atoms with Crippen molar-refractivity contribution in [3.63, 3.8) is 0 Å². The molecule has 0 fully saturated rings. The van der Waals surface area contributed by atoms with Crippen LogP contribution in [-0.4, -0.2) is 30.2 Å². The molecule has 0 aromatic carbocycles. The van der Waals surface area contributed by atoms with Crippen molar-refractivity contribution < 1.29 is 9.90 Å². The Morgan fingerprint density at radius 1 is 1.75 bits per heavy atom. The van der Waals surface area contributed by atoms with Gasteiger partial charge in [-0.25, -0.2) is 0 Å². The molecule has 1 amide bonds. The number of nitrogens with zero attached hydrogens (tertiary/aromatic N) is 1. The molecule has 0 aromatic heterocycles. The highest BCUT2D eigenvalue weighted by Gasteiger charge is 2.09. The van der Waals surface area contributed by atoms with Gasteiger partial charge in [0.15, 0.2) is 0 Å². The third-order valence-electron chi connectivity index (χ3n) is 1.34. The number of nitrogens with two attached hydrogens (primary N) is 1. The van der Waals surface area contributed by atoms with Gasteiger partial charge in [-0.15, -0.1) is 0 Å². The summed E-state index contributed by atoms with van der Waals surface area (Å²) in [5.41, 5.74) is 4.79. The SMILES string of the molecule is CC(C#N)CNCC(O)C(N)=O. The van der Waals surface area contributed by atoms with E-state index >= 15 is 0 Å².